The zero-order chi connectivity index (χ0) is 17.2. The van der Waals surface area contributed by atoms with Crippen LogP contribution in [0, 0.1) is 6.92 Å². The van der Waals surface area contributed by atoms with E-state index in [4.69, 9.17) is 0 Å². The molecule has 25 heavy (non-hydrogen) atoms. The smallest absolute Gasteiger partial charge is 0.258 e. The van der Waals surface area contributed by atoms with Crippen LogP contribution in [0.25, 0.3) is 16.6 Å². The summed E-state index contributed by atoms with van der Waals surface area (Å²) >= 11 is 1.42. The van der Waals surface area contributed by atoms with Crippen LogP contribution < -0.4 is 5.56 Å². The monoisotopic (exact) mass is 350 g/mol. The third kappa shape index (κ3) is 3.03. The number of para-hydroxylation sites is 2. The molecular formula is C17H14N6OS. The number of H-pyrrole nitrogens is 1. The molecule has 0 unspecified atom stereocenters. The van der Waals surface area contributed by atoms with E-state index in [1.54, 1.807) is 10.7 Å². The zero-order valence-corrected chi connectivity index (χ0v) is 14.2. The van der Waals surface area contributed by atoms with Crippen LogP contribution in [-0.2, 0) is 5.75 Å². The molecule has 0 atom stereocenters. The largest absolute Gasteiger partial charge is 0.309 e. The number of nitrogens with one attached hydrogen (secondary N) is 1. The van der Waals surface area contributed by atoms with Crippen molar-refractivity contribution >= 4 is 22.7 Å². The molecular weight excluding hydrogens is 336 g/mol. The number of aromatic nitrogens is 6. The second kappa shape index (κ2) is 6.48. The Labute approximate surface area is 147 Å². The first-order chi connectivity index (χ1) is 12.2. The predicted molar refractivity (Wildman–Crippen MR) is 95.8 cm³/mol. The van der Waals surface area contributed by atoms with E-state index in [0.29, 0.717) is 27.6 Å². The summed E-state index contributed by atoms with van der Waals surface area (Å²) in [4.78, 5) is 19.5. The molecule has 0 saturated heterocycles. The van der Waals surface area contributed by atoms with Gasteiger partial charge in [0.05, 0.1) is 22.3 Å². The summed E-state index contributed by atoms with van der Waals surface area (Å²) in [6.45, 7) is 2.01. The molecule has 0 radical (unpaired) electrons. The van der Waals surface area contributed by atoms with Crippen molar-refractivity contribution in [2.75, 3.05) is 0 Å². The summed E-state index contributed by atoms with van der Waals surface area (Å²) in [5.41, 5.74) is 2.55. The van der Waals surface area contributed by atoms with Crippen LogP contribution in [0.15, 0.2) is 58.5 Å². The van der Waals surface area contributed by atoms with Gasteiger partial charge in [0.1, 0.15) is 5.82 Å². The summed E-state index contributed by atoms with van der Waals surface area (Å²) < 4.78 is 1.69. The molecule has 0 bridgehead atoms. The number of hydrogen-bond donors (Lipinski definition) is 1. The van der Waals surface area contributed by atoms with E-state index in [-0.39, 0.29) is 5.56 Å². The van der Waals surface area contributed by atoms with Crippen molar-refractivity contribution in [2.45, 2.75) is 17.8 Å². The number of thioether (sulfide) groups is 1. The van der Waals surface area contributed by atoms with Crippen LogP contribution in [0.5, 0.6) is 0 Å². The van der Waals surface area contributed by atoms with Gasteiger partial charge >= 0.3 is 0 Å². The highest BCUT2D eigenvalue weighted by Crippen LogP contribution is 2.22. The molecule has 0 spiro atoms. The average Bonchev–Trinajstić information content (AvgIpc) is 3.09. The molecule has 7 nitrogen and oxygen atoms in total. The van der Waals surface area contributed by atoms with Crippen LogP contribution in [-0.4, -0.2) is 30.2 Å². The van der Waals surface area contributed by atoms with E-state index in [2.05, 4.69) is 25.5 Å². The van der Waals surface area contributed by atoms with Crippen LogP contribution in [0.1, 0.15) is 11.4 Å². The molecule has 0 saturated carbocycles. The van der Waals surface area contributed by atoms with E-state index in [1.807, 2.05) is 49.4 Å². The molecule has 1 N–H and O–H groups in total. The normalized spacial score (nSPS) is 11.1. The minimum Gasteiger partial charge on any atom is -0.309 e. The Morgan fingerprint density at radius 3 is 2.80 bits per heavy atom. The van der Waals surface area contributed by atoms with Crippen LogP contribution in [0.2, 0.25) is 0 Å². The highest BCUT2D eigenvalue weighted by atomic mass is 32.2. The van der Waals surface area contributed by atoms with Gasteiger partial charge in [0, 0.05) is 0 Å². The molecule has 124 valence electrons. The fraction of sp³-hybridized carbons (Fsp3) is 0.118. The van der Waals surface area contributed by atoms with E-state index >= 15 is 0 Å². The number of benzene rings is 2. The van der Waals surface area contributed by atoms with Gasteiger partial charge < -0.3 is 4.98 Å². The van der Waals surface area contributed by atoms with Gasteiger partial charge in [-0.1, -0.05) is 42.1 Å². The van der Waals surface area contributed by atoms with Crippen LogP contribution in [0.4, 0.5) is 0 Å². The maximum absolute atomic E-state index is 12.1. The van der Waals surface area contributed by atoms with Gasteiger partial charge in [-0.15, -0.1) is 5.10 Å². The van der Waals surface area contributed by atoms with Gasteiger partial charge in [-0.05, 0) is 41.1 Å². The summed E-state index contributed by atoms with van der Waals surface area (Å²) in [5.74, 6) is 1.06. The average molecular weight is 350 g/mol. The molecule has 0 aliphatic heterocycles. The van der Waals surface area contributed by atoms with Crippen molar-refractivity contribution in [3.8, 4) is 5.69 Å². The highest BCUT2D eigenvalue weighted by molar-refractivity contribution is 7.98. The molecule has 0 aliphatic rings. The van der Waals surface area contributed by atoms with Crippen LogP contribution >= 0.6 is 11.8 Å². The summed E-state index contributed by atoms with van der Waals surface area (Å²) in [5, 5.41) is 13.1. The van der Waals surface area contributed by atoms with Crippen molar-refractivity contribution in [1.82, 2.24) is 30.2 Å². The Morgan fingerprint density at radius 1 is 1.12 bits per heavy atom. The first-order valence-corrected chi connectivity index (χ1v) is 8.66. The highest BCUT2D eigenvalue weighted by Gasteiger charge is 2.12. The molecule has 0 aliphatic carbocycles. The third-order valence-corrected chi connectivity index (χ3v) is 4.71. The molecule has 4 rings (SSSR count). The van der Waals surface area contributed by atoms with Gasteiger partial charge in [-0.2, -0.15) is 4.68 Å². The van der Waals surface area contributed by atoms with Crippen LogP contribution in [0.3, 0.4) is 0 Å². The minimum absolute atomic E-state index is 0.139. The van der Waals surface area contributed by atoms with Crippen molar-refractivity contribution in [1.29, 1.82) is 0 Å². The maximum atomic E-state index is 12.1. The summed E-state index contributed by atoms with van der Waals surface area (Å²) in [6, 6.07) is 15.2. The van der Waals surface area contributed by atoms with E-state index < -0.39 is 0 Å². The molecule has 2 heterocycles. The number of rotatable bonds is 4. The Bertz CT molecular complexity index is 1100. The van der Waals surface area contributed by atoms with Crippen molar-refractivity contribution in [3.05, 3.63) is 70.3 Å². The second-order valence-electron chi connectivity index (χ2n) is 5.48. The Kier molecular flexibility index (Phi) is 4.02. The number of tetrazole rings is 1. The third-order valence-electron chi connectivity index (χ3n) is 3.78. The topological polar surface area (TPSA) is 89.3 Å². The zero-order valence-electron chi connectivity index (χ0n) is 13.4. The second-order valence-corrected chi connectivity index (χ2v) is 6.42. The van der Waals surface area contributed by atoms with Gasteiger partial charge in [-0.25, -0.2) is 4.98 Å². The van der Waals surface area contributed by atoms with E-state index in [0.717, 1.165) is 11.3 Å². The number of aryl methyl sites for hydroxylation is 1. The lowest BCUT2D eigenvalue weighted by Crippen LogP contribution is -2.11. The lowest BCUT2D eigenvalue weighted by atomic mass is 10.2. The first-order valence-electron chi connectivity index (χ1n) is 7.67. The van der Waals surface area contributed by atoms with Gasteiger partial charge in [0.2, 0.25) is 5.16 Å². The molecule has 2 aromatic heterocycles. The fourth-order valence-electron chi connectivity index (χ4n) is 2.56. The maximum Gasteiger partial charge on any atom is 0.258 e. The van der Waals surface area contributed by atoms with Gasteiger partial charge in [-0.3, -0.25) is 4.79 Å². The quantitative estimate of drug-likeness (QED) is 0.569. The Morgan fingerprint density at radius 2 is 1.92 bits per heavy atom. The standard InChI is InChI=1S/C17H14N6OS/c1-11-6-2-5-9-14(11)23-17(20-21-22-23)25-10-15-18-13-8-4-3-7-12(13)16(24)19-15/h2-9H,10H2,1H3,(H,18,19,24). The van der Waals surface area contributed by atoms with Crippen molar-refractivity contribution in [3.63, 3.8) is 0 Å². The van der Waals surface area contributed by atoms with Gasteiger partial charge in [0.15, 0.2) is 0 Å². The van der Waals surface area contributed by atoms with E-state index in [9.17, 15) is 4.79 Å². The van der Waals surface area contributed by atoms with Gasteiger partial charge in [0.25, 0.3) is 5.56 Å². The summed E-state index contributed by atoms with van der Waals surface area (Å²) in [7, 11) is 0. The number of fused-ring (bicyclic) bond motifs is 1. The lowest BCUT2D eigenvalue weighted by Gasteiger charge is -2.07. The Balaban J connectivity index is 1.62. The summed E-state index contributed by atoms with van der Waals surface area (Å²) in [6.07, 6.45) is 0. The lowest BCUT2D eigenvalue weighted by molar-refractivity contribution is 0.751. The molecule has 8 heteroatoms. The SMILES string of the molecule is Cc1ccccc1-n1nnnc1SCc1nc2ccccc2c(=O)[nH]1. The van der Waals surface area contributed by atoms with E-state index in [1.165, 1.54) is 11.8 Å². The van der Waals surface area contributed by atoms with Crippen molar-refractivity contribution in [2.24, 2.45) is 0 Å². The molecule has 4 aromatic rings. The number of nitrogens with zero attached hydrogens (tertiary/aromatic N) is 5. The number of aromatic amines is 1. The van der Waals surface area contributed by atoms with Crippen molar-refractivity contribution < 1.29 is 0 Å². The first kappa shape index (κ1) is 15.5. The predicted octanol–water partition coefficient (Wildman–Crippen LogP) is 2.50. The number of hydrogen-bond acceptors (Lipinski definition) is 6. The molecule has 0 amide bonds. The molecule has 2 aromatic carbocycles. The molecule has 0 fully saturated rings. The minimum atomic E-state index is -0.139. The Hall–Kier alpha value is -3.00. The fourth-order valence-corrected chi connectivity index (χ4v) is 3.31.